The van der Waals surface area contributed by atoms with Crippen LogP contribution >= 0.6 is 0 Å². The van der Waals surface area contributed by atoms with E-state index in [0.717, 1.165) is 24.6 Å². The van der Waals surface area contributed by atoms with Crippen LogP contribution in [0.1, 0.15) is 13.8 Å². The molecule has 1 aromatic carbocycles. The Balaban J connectivity index is 1.74. The average Bonchev–Trinajstić information content (AvgIpc) is 2.44. The van der Waals surface area contributed by atoms with E-state index in [0.29, 0.717) is 6.54 Å². The van der Waals surface area contributed by atoms with Crippen LogP contribution in [0.5, 0.6) is 11.5 Å². The van der Waals surface area contributed by atoms with Crippen molar-refractivity contribution < 1.29 is 19.3 Å². The first-order valence-electron chi connectivity index (χ1n) is 7.39. The molecule has 0 radical (unpaired) electrons. The Hall–Kier alpha value is -1.30. The van der Waals surface area contributed by atoms with Crippen LogP contribution in [-0.4, -0.2) is 61.7 Å². The van der Waals surface area contributed by atoms with Gasteiger partial charge < -0.3 is 19.3 Å². The van der Waals surface area contributed by atoms with Crippen LogP contribution in [-0.2, 0) is 4.74 Å². The number of β-amino-alcohol motifs (C(OH)–C–C–N with tert-alkyl or cyclic N) is 1. The molecule has 1 heterocycles. The number of aliphatic hydroxyl groups excluding tert-OH is 1. The third kappa shape index (κ3) is 5.19. The third-order valence-electron chi connectivity index (χ3n) is 3.47. The summed E-state index contributed by atoms with van der Waals surface area (Å²) in [6.07, 6.45) is -0.0866. The molecule has 0 spiro atoms. The molecule has 1 aliphatic rings. The SMILES string of the molecule is COc1ccc(OC[C@H](O)CN2C[C@H](C)O[C@@H](C)C2)cc1. The molecule has 0 amide bonds. The van der Waals surface area contributed by atoms with E-state index in [-0.39, 0.29) is 18.8 Å². The maximum atomic E-state index is 10.1. The molecule has 1 aliphatic heterocycles. The topological polar surface area (TPSA) is 51.2 Å². The van der Waals surface area contributed by atoms with Gasteiger partial charge in [-0.25, -0.2) is 0 Å². The van der Waals surface area contributed by atoms with Crippen LogP contribution in [0.3, 0.4) is 0 Å². The van der Waals surface area contributed by atoms with Crippen molar-refractivity contribution in [2.75, 3.05) is 33.4 Å². The highest BCUT2D eigenvalue weighted by atomic mass is 16.5. The van der Waals surface area contributed by atoms with Gasteiger partial charge in [0, 0.05) is 19.6 Å². The van der Waals surface area contributed by atoms with Gasteiger partial charge in [-0.1, -0.05) is 0 Å². The summed E-state index contributed by atoms with van der Waals surface area (Å²) in [5.74, 6) is 1.53. The summed E-state index contributed by atoms with van der Waals surface area (Å²) in [5.41, 5.74) is 0. The normalized spacial score (nSPS) is 24.6. The summed E-state index contributed by atoms with van der Waals surface area (Å²) >= 11 is 0. The van der Waals surface area contributed by atoms with Crippen molar-refractivity contribution in [3.8, 4) is 11.5 Å². The Morgan fingerprint density at radius 2 is 1.76 bits per heavy atom. The van der Waals surface area contributed by atoms with E-state index >= 15 is 0 Å². The van der Waals surface area contributed by atoms with Crippen LogP contribution in [0.4, 0.5) is 0 Å². The van der Waals surface area contributed by atoms with Gasteiger partial charge in [0.1, 0.15) is 24.2 Å². The largest absolute Gasteiger partial charge is 0.497 e. The fourth-order valence-corrected chi connectivity index (χ4v) is 2.65. The number of benzene rings is 1. The first kappa shape index (κ1) is 16.1. The van der Waals surface area contributed by atoms with E-state index < -0.39 is 6.10 Å². The molecule has 0 unspecified atom stereocenters. The lowest BCUT2D eigenvalue weighted by Crippen LogP contribution is -2.48. The van der Waals surface area contributed by atoms with Crippen molar-refractivity contribution in [2.24, 2.45) is 0 Å². The van der Waals surface area contributed by atoms with Crippen molar-refractivity contribution >= 4 is 0 Å². The predicted molar refractivity (Wildman–Crippen MR) is 80.9 cm³/mol. The highest BCUT2D eigenvalue weighted by Gasteiger charge is 2.23. The molecule has 2 rings (SSSR count). The van der Waals surface area contributed by atoms with E-state index in [1.54, 1.807) is 7.11 Å². The van der Waals surface area contributed by atoms with Gasteiger partial charge in [0.15, 0.2) is 0 Å². The van der Waals surface area contributed by atoms with Gasteiger partial charge in [-0.05, 0) is 38.1 Å². The van der Waals surface area contributed by atoms with E-state index in [1.165, 1.54) is 0 Å². The van der Waals surface area contributed by atoms with E-state index in [2.05, 4.69) is 18.7 Å². The first-order chi connectivity index (χ1) is 10.1. The fraction of sp³-hybridized carbons (Fsp3) is 0.625. The fourth-order valence-electron chi connectivity index (χ4n) is 2.65. The second kappa shape index (κ2) is 7.64. The minimum absolute atomic E-state index is 0.212. The lowest BCUT2D eigenvalue weighted by atomic mass is 10.2. The van der Waals surface area contributed by atoms with Crippen molar-refractivity contribution in [1.29, 1.82) is 0 Å². The Morgan fingerprint density at radius 1 is 1.19 bits per heavy atom. The second-order valence-electron chi connectivity index (χ2n) is 5.62. The lowest BCUT2D eigenvalue weighted by molar-refractivity contribution is -0.0786. The molecule has 3 atom stereocenters. The van der Waals surface area contributed by atoms with Crippen molar-refractivity contribution in [3.63, 3.8) is 0 Å². The molecule has 0 bridgehead atoms. The number of hydrogen-bond acceptors (Lipinski definition) is 5. The lowest BCUT2D eigenvalue weighted by Gasteiger charge is -2.36. The summed E-state index contributed by atoms with van der Waals surface area (Å²) < 4.78 is 16.4. The molecule has 0 saturated carbocycles. The van der Waals surface area contributed by atoms with E-state index in [4.69, 9.17) is 14.2 Å². The van der Waals surface area contributed by atoms with Crippen molar-refractivity contribution in [3.05, 3.63) is 24.3 Å². The van der Waals surface area contributed by atoms with Gasteiger partial charge in [-0.15, -0.1) is 0 Å². The van der Waals surface area contributed by atoms with Crippen molar-refractivity contribution in [1.82, 2.24) is 4.90 Å². The molecule has 1 aromatic rings. The maximum absolute atomic E-state index is 10.1. The van der Waals surface area contributed by atoms with Gasteiger partial charge in [0.2, 0.25) is 0 Å². The number of ether oxygens (including phenoxy) is 3. The summed E-state index contributed by atoms with van der Waals surface area (Å²) in [6.45, 7) is 6.71. The van der Waals surface area contributed by atoms with Gasteiger partial charge in [0.25, 0.3) is 0 Å². The summed E-state index contributed by atoms with van der Waals surface area (Å²) in [4.78, 5) is 2.22. The van der Waals surface area contributed by atoms with Gasteiger partial charge in [-0.2, -0.15) is 0 Å². The number of morpholine rings is 1. The smallest absolute Gasteiger partial charge is 0.119 e. The molecule has 118 valence electrons. The van der Waals surface area contributed by atoms with Gasteiger partial charge in [0.05, 0.1) is 19.3 Å². The Bertz CT molecular complexity index is 413. The summed E-state index contributed by atoms with van der Waals surface area (Å²) in [5, 5.41) is 10.1. The standard InChI is InChI=1S/C16H25NO4/c1-12-8-17(9-13(2)21-12)10-14(18)11-20-16-6-4-15(19-3)5-7-16/h4-7,12-14,18H,8-11H2,1-3H3/t12-,13-,14+/m0/s1. The second-order valence-corrected chi connectivity index (χ2v) is 5.62. The summed E-state index contributed by atoms with van der Waals surface area (Å²) in [7, 11) is 1.63. The van der Waals surface area contributed by atoms with Crippen LogP contribution in [0.25, 0.3) is 0 Å². The quantitative estimate of drug-likeness (QED) is 0.863. The molecule has 1 saturated heterocycles. The van der Waals surface area contributed by atoms with Crippen LogP contribution in [0.15, 0.2) is 24.3 Å². The number of nitrogens with zero attached hydrogens (tertiary/aromatic N) is 1. The minimum Gasteiger partial charge on any atom is -0.497 e. The van der Waals surface area contributed by atoms with Gasteiger partial charge in [-0.3, -0.25) is 4.90 Å². The Kier molecular flexibility index (Phi) is 5.85. The van der Waals surface area contributed by atoms with Crippen molar-refractivity contribution in [2.45, 2.75) is 32.2 Å². The molecule has 5 heteroatoms. The molecule has 0 aliphatic carbocycles. The molecule has 21 heavy (non-hydrogen) atoms. The molecule has 5 nitrogen and oxygen atoms in total. The number of aliphatic hydroxyl groups is 1. The zero-order valence-corrected chi connectivity index (χ0v) is 13.0. The average molecular weight is 295 g/mol. The monoisotopic (exact) mass is 295 g/mol. The Morgan fingerprint density at radius 3 is 2.33 bits per heavy atom. The zero-order chi connectivity index (χ0) is 15.2. The van der Waals surface area contributed by atoms with E-state index in [1.807, 2.05) is 24.3 Å². The highest BCUT2D eigenvalue weighted by Crippen LogP contribution is 2.17. The number of rotatable bonds is 6. The number of methoxy groups -OCH3 is 1. The first-order valence-corrected chi connectivity index (χ1v) is 7.39. The van der Waals surface area contributed by atoms with Crippen LogP contribution < -0.4 is 9.47 Å². The third-order valence-corrected chi connectivity index (χ3v) is 3.47. The number of hydrogen-bond donors (Lipinski definition) is 1. The predicted octanol–water partition coefficient (Wildman–Crippen LogP) is 1.54. The molecule has 1 N–H and O–H groups in total. The zero-order valence-electron chi connectivity index (χ0n) is 13.0. The van der Waals surface area contributed by atoms with E-state index in [9.17, 15) is 5.11 Å². The molecular weight excluding hydrogens is 270 g/mol. The minimum atomic E-state index is -0.510. The molecular formula is C16H25NO4. The van der Waals surface area contributed by atoms with Crippen LogP contribution in [0.2, 0.25) is 0 Å². The van der Waals surface area contributed by atoms with Gasteiger partial charge >= 0.3 is 0 Å². The maximum Gasteiger partial charge on any atom is 0.119 e. The Labute approximate surface area is 126 Å². The highest BCUT2D eigenvalue weighted by molar-refractivity contribution is 5.31. The summed E-state index contributed by atoms with van der Waals surface area (Å²) in [6, 6.07) is 7.36. The molecule has 1 fully saturated rings. The molecule has 0 aromatic heterocycles. The van der Waals surface area contributed by atoms with Crippen LogP contribution in [0, 0.1) is 0 Å².